The molecule has 0 aromatic heterocycles. The highest BCUT2D eigenvalue weighted by Crippen LogP contribution is 2.15. The number of carbonyl (C=O) groups is 2. The maximum Gasteiger partial charge on any atom is 0.313 e. The van der Waals surface area contributed by atoms with Crippen LogP contribution in [0.4, 0.5) is 14.5 Å². The Kier molecular flexibility index (Phi) is 5.37. The van der Waals surface area contributed by atoms with E-state index in [1.165, 1.54) is 0 Å². The van der Waals surface area contributed by atoms with Crippen LogP contribution in [0.5, 0.6) is 0 Å². The number of benzene rings is 2. The number of anilines is 1. The van der Waals surface area contributed by atoms with Gasteiger partial charge in [-0.2, -0.15) is 0 Å². The van der Waals surface area contributed by atoms with Gasteiger partial charge in [-0.15, -0.1) is 0 Å². The van der Waals surface area contributed by atoms with Crippen molar-refractivity contribution in [2.45, 2.75) is 6.04 Å². The van der Waals surface area contributed by atoms with Crippen molar-refractivity contribution in [2.24, 2.45) is 0 Å². The molecule has 23 heavy (non-hydrogen) atoms. The summed E-state index contributed by atoms with van der Waals surface area (Å²) >= 11 is 0. The van der Waals surface area contributed by atoms with E-state index in [0.29, 0.717) is 5.56 Å². The molecule has 7 heteroatoms. The standard InChI is InChI=1S/C16H14F2N2O3/c17-11-6-7-12(18)13(8-11)19-15(22)16(23)20-14(9-21)10-4-2-1-3-5-10/h1-8,14,21H,9H2,(H,19,22)(H,20,23)/t14-/m1/s1. The zero-order valence-corrected chi connectivity index (χ0v) is 11.9. The third-order valence-electron chi connectivity index (χ3n) is 3.07. The van der Waals surface area contributed by atoms with Gasteiger partial charge in [-0.05, 0) is 17.7 Å². The van der Waals surface area contributed by atoms with E-state index >= 15 is 0 Å². The largest absolute Gasteiger partial charge is 0.394 e. The minimum absolute atomic E-state index is 0.419. The molecule has 2 rings (SSSR count). The van der Waals surface area contributed by atoms with E-state index < -0.39 is 41.8 Å². The molecule has 5 nitrogen and oxygen atoms in total. The molecule has 0 radical (unpaired) electrons. The fourth-order valence-corrected chi connectivity index (χ4v) is 1.92. The Morgan fingerprint density at radius 1 is 1.04 bits per heavy atom. The quantitative estimate of drug-likeness (QED) is 0.751. The van der Waals surface area contributed by atoms with E-state index in [2.05, 4.69) is 5.32 Å². The van der Waals surface area contributed by atoms with Crippen molar-refractivity contribution in [3.05, 3.63) is 65.7 Å². The lowest BCUT2D eigenvalue weighted by molar-refractivity contribution is -0.136. The van der Waals surface area contributed by atoms with Crippen LogP contribution < -0.4 is 10.6 Å². The Bertz CT molecular complexity index is 708. The van der Waals surface area contributed by atoms with Gasteiger partial charge in [0.25, 0.3) is 0 Å². The number of hydrogen-bond acceptors (Lipinski definition) is 3. The van der Waals surface area contributed by atoms with Crippen LogP contribution in [0.3, 0.4) is 0 Å². The highest BCUT2D eigenvalue weighted by molar-refractivity contribution is 6.39. The van der Waals surface area contributed by atoms with Gasteiger partial charge in [0.2, 0.25) is 0 Å². The average Bonchev–Trinajstić information content (AvgIpc) is 2.56. The van der Waals surface area contributed by atoms with E-state index in [1.54, 1.807) is 30.3 Å². The van der Waals surface area contributed by atoms with Gasteiger partial charge in [-0.1, -0.05) is 30.3 Å². The molecule has 0 fully saturated rings. The molecule has 120 valence electrons. The topological polar surface area (TPSA) is 78.4 Å². The summed E-state index contributed by atoms with van der Waals surface area (Å²) in [5.41, 5.74) is 0.165. The van der Waals surface area contributed by atoms with Crippen LogP contribution in [-0.2, 0) is 9.59 Å². The van der Waals surface area contributed by atoms with E-state index in [1.807, 2.05) is 5.32 Å². The molecule has 0 saturated carbocycles. The predicted molar refractivity (Wildman–Crippen MR) is 79.4 cm³/mol. The van der Waals surface area contributed by atoms with Crippen LogP contribution >= 0.6 is 0 Å². The van der Waals surface area contributed by atoms with Gasteiger partial charge in [0.1, 0.15) is 11.6 Å². The van der Waals surface area contributed by atoms with Gasteiger partial charge in [0.05, 0.1) is 18.3 Å². The molecule has 3 N–H and O–H groups in total. The first-order valence-corrected chi connectivity index (χ1v) is 6.74. The Morgan fingerprint density at radius 2 is 1.74 bits per heavy atom. The van der Waals surface area contributed by atoms with E-state index in [0.717, 1.165) is 18.2 Å². The average molecular weight is 320 g/mol. The second kappa shape index (κ2) is 7.46. The van der Waals surface area contributed by atoms with Crippen molar-refractivity contribution in [3.8, 4) is 0 Å². The number of aliphatic hydroxyl groups is 1. The van der Waals surface area contributed by atoms with Gasteiger partial charge in [0, 0.05) is 6.07 Å². The third kappa shape index (κ3) is 4.33. The molecular formula is C16H14F2N2O3. The number of hydrogen-bond donors (Lipinski definition) is 3. The van der Waals surface area contributed by atoms with Crippen LogP contribution in [-0.4, -0.2) is 23.5 Å². The molecular weight excluding hydrogens is 306 g/mol. The van der Waals surface area contributed by atoms with Crippen molar-refractivity contribution in [1.29, 1.82) is 0 Å². The number of halogens is 2. The van der Waals surface area contributed by atoms with Gasteiger partial charge in [-0.3, -0.25) is 9.59 Å². The zero-order valence-electron chi connectivity index (χ0n) is 11.9. The summed E-state index contributed by atoms with van der Waals surface area (Å²) in [4.78, 5) is 23.6. The summed E-state index contributed by atoms with van der Waals surface area (Å²) in [5, 5.41) is 13.6. The molecule has 2 aromatic carbocycles. The van der Waals surface area contributed by atoms with Gasteiger partial charge >= 0.3 is 11.8 Å². The highest BCUT2D eigenvalue weighted by Gasteiger charge is 2.20. The number of rotatable bonds is 4. The fourth-order valence-electron chi connectivity index (χ4n) is 1.92. The summed E-state index contributed by atoms with van der Waals surface area (Å²) in [6.07, 6.45) is 0. The molecule has 0 aliphatic heterocycles. The van der Waals surface area contributed by atoms with Crippen LogP contribution in [0, 0.1) is 11.6 Å². The first-order valence-electron chi connectivity index (χ1n) is 6.74. The molecule has 0 aliphatic carbocycles. The molecule has 0 heterocycles. The summed E-state index contributed by atoms with van der Waals surface area (Å²) < 4.78 is 26.5. The molecule has 2 aromatic rings. The molecule has 2 amide bonds. The Morgan fingerprint density at radius 3 is 2.39 bits per heavy atom. The lowest BCUT2D eigenvalue weighted by Crippen LogP contribution is -2.39. The molecule has 0 aliphatic rings. The van der Waals surface area contributed by atoms with Crippen molar-refractivity contribution >= 4 is 17.5 Å². The summed E-state index contributed by atoms with van der Waals surface area (Å²) in [6.45, 7) is -0.419. The van der Waals surface area contributed by atoms with E-state index in [9.17, 15) is 23.5 Å². The maximum absolute atomic E-state index is 13.4. The minimum atomic E-state index is -1.16. The molecule has 0 bridgehead atoms. The van der Waals surface area contributed by atoms with Crippen LogP contribution in [0.15, 0.2) is 48.5 Å². The predicted octanol–water partition coefficient (Wildman–Crippen LogP) is 1.75. The normalized spacial score (nSPS) is 11.6. The second-order valence-corrected chi connectivity index (χ2v) is 4.70. The number of nitrogens with one attached hydrogen (secondary N) is 2. The Balaban J connectivity index is 2.05. The molecule has 1 atom stereocenters. The van der Waals surface area contributed by atoms with E-state index in [-0.39, 0.29) is 0 Å². The SMILES string of the molecule is O=C(Nc1cc(F)ccc1F)C(=O)N[C@H](CO)c1ccccc1. The molecule has 0 spiro atoms. The first-order chi connectivity index (χ1) is 11.0. The summed E-state index contributed by atoms with van der Waals surface area (Å²) in [5.74, 6) is -3.85. The third-order valence-corrected chi connectivity index (χ3v) is 3.07. The molecule has 0 unspecified atom stereocenters. The Labute approximate surface area is 130 Å². The van der Waals surface area contributed by atoms with Crippen molar-refractivity contribution < 1.29 is 23.5 Å². The summed E-state index contributed by atoms with van der Waals surface area (Å²) in [7, 11) is 0. The van der Waals surface area contributed by atoms with E-state index in [4.69, 9.17) is 0 Å². The van der Waals surface area contributed by atoms with Crippen LogP contribution in [0.2, 0.25) is 0 Å². The summed E-state index contributed by atoms with van der Waals surface area (Å²) in [6, 6.07) is 10.2. The smallest absolute Gasteiger partial charge is 0.313 e. The molecule has 0 saturated heterocycles. The number of aliphatic hydroxyl groups excluding tert-OH is 1. The van der Waals surface area contributed by atoms with Crippen molar-refractivity contribution in [1.82, 2.24) is 5.32 Å². The fraction of sp³-hybridized carbons (Fsp3) is 0.125. The second-order valence-electron chi connectivity index (χ2n) is 4.70. The van der Waals surface area contributed by atoms with Gasteiger partial charge in [0.15, 0.2) is 0 Å². The highest BCUT2D eigenvalue weighted by atomic mass is 19.1. The lowest BCUT2D eigenvalue weighted by atomic mass is 10.1. The van der Waals surface area contributed by atoms with Gasteiger partial charge in [-0.25, -0.2) is 8.78 Å². The maximum atomic E-state index is 13.4. The van der Waals surface area contributed by atoms with Crippen LogP contribution in [0.25, 0.3) is 0 Å². The first kappa shape index (κ1) is 16.6. The lowest BCUT2D eigenvalue weighted by Gasteiger charge is -2.16. The van der Waals surface area contributed by atoms with Gasteiger partial charge < -0.3 is 15.7 Å². The monoisotopic (exact) mass is 320 g/mol. The van der Waals surface area contributed by atoms with Crippen molar-refractivity contribution in [2.75, 3.05) is 11.9 Å². The Hall–Kier alpha value is -2.80. The number of carbonyl (C=O) groups excluding carboxylic acids is 2. The minimum Gasteiger partial charge on any atom is -0.394 e. The number of amides is 2. The van der Waals surface area contributed by atoms with Crippen molar-refractivity contribution in [3.63, 3.8) is 0 Å². The van der Waals surface area contributed by atoms with Crippen LogP contribution in [0.1, 0.15) is 11.6 Å². The zero-order chi connectivity index (χ0) is 16.8.